The van der Waals surface area contributed by atoms with Crippen LogP contribution < -0.4 is 0 Å². The highest BCUT2D eigenvalue weighted by atomic mass is 16.4. The van der Waals surface area contributed by atoms with Gasteiger partial charge in [0.1, 0.15) is 11.3 Å². The molecule has 0 saturated carbocycles. The van der Waals surface area contributed by atoms with Gasteiger partial charge >= 0.3 is 5.97 Å². The number of fused-ring (bicyclic) bond motifs is 1. The van der Waals surface area contributed by atoms with Crippen molar-refractivity contribution in [2.45, 2.75) is 39.7 Å². The van der Waals surface area contributed by atoms with Crippen molar-refractivity contribution in [3.05, 3.63) is 29.6 Å². The van der Waals surface area contributed by atoms with E-state index in [9.17, 15) is 15.0 Å². The Bertz CT molecular complexity index is 668. The van der Waals surface area contributed by atoms with E-state index in [4.69, 9.17) is 0 Å². The van der Waals surface area contributed by atoms with Crippen molar-refractivity contribution >= 4 is 17.0 Å². The number of benzene rings is 1. The zero-order valence-corrected chi connectivity index (χ0v) is 12.9. The average molecular weight is 290 g/mol. The number of nitrogens with zero attached hydrogens (tertiary/aromatic N) is 2. The van der Waals surface area contributed by atoms with Crippen LogP contribution in [0.3, 0.4) is 0 Å². The maximum absolute atomic E-state index is 11.4. The summed E-state index contributed by atoms with van der Waals surface area (Å²) in [5.74, 6) is -0.0515. The summed E-state index contributed by atoms with van der Waals surface area (Å²) in [5.41, 5.74) is 1.33. The third-order valence-corrected chi connectivity index (χ3v) is 3.49. The summed E-state index contributed by atoms with van der Waals surface area (Å²) in [7, 11) is 0. The molecule has 5 heteroatoms. The third-order valence-electron chi connectivity index (χ3n) is 3.49. The largest absolute Gasteiger partial charge is 0.478 e. The first kappa shape index (κ1) is 15.5. The zero-order chi connectivity index (χ0) is 15.8. The van der Waals surface area contributed by atoms with Gasteiger partial charge in [0.25, 0.3) is 0 Å². The molecule has 0 radical (unpaired) electrons. The van der Waals surface area contributed by atoms with E-state index in [1.807, 2.05) is 17.6 Å². The minimum atomic E-state index is -0.971. The number of aliphatic hydroxyl groups is 1. The maximum Gasteiger partial charge on any atom is 0.337 e. The maximum atomic E-state index is 11.4. The molecule has 1 heterocycles. The van der Waals surface area contributed by atoms with Gasteiger partial charge in [-0.2, -0.15) is 0 Å². The van der Waals surface area contributed by atoms with Gasteiger partial charge in [0.2, 0.25) is 0 Å². The van der Waals surface area contributed by atoms with Crippen molar-refractivity contribution in [3.63, 3.8) is 0 Å². The molecule has 21 heavy (non-hydrogen) atoms. The molecule has 5 nitrogen and oxygen atoms in total. The number of aromatic nitrogens is 2. The fourth-order valence-corrected chi connectivity index (χ4v) is 2.45. The molecule has 0 aliphatic heterocycles. The lowest BCUT2D eigenvalue weighted by molar-refractivity contribution is 0.0699. The lowest BCUT2D eigenvalue weighted by Crippen LogP contribution is -2.22. The first-order chi connectivity index (χ1) is 9.75. The highest BCUT2D eigenvalue weighted by molar-refractivity contribution is 6.01. The van der Waals surface area contributed by atoms with Crippen LogP contribution in [0.25, 0.3) is 11.0 Å². The van der Waals surface area contributed by atoms with Gasteiger partial charge in [-0.25, -0.2) is 9.78 Å². The molecule has 2 aromatic rings. The number of rotatable bonds is 4. The van der Waals surface area contributed by atoms with E-state index >= 15 is 0 Å². The Morgan fingerprint density at radius 3 is 2.57 bits per heavy atom. The van der Waals surface area contributed by atoms with Crippen LogP contribution in [0.15, 0.2) is 18.2 Å². The van der Waals surface area contributed by atoms with E-state index in [-0.39, 0.29) is 23.5 Å². The zero-order valence-electron chi connectivity index (χ0n) is 12.9. The Morgan fingerprint density at radius 1 is 1.38 bits per heavy atom. The molecule has 2 rings (SSSR count). The van der Waals surface area contributed by atoms with Crippen LogP contribution in [0.1, 0.15) is 43.9 Å². The van der Waals surface area contributed by atoms with Crippen LogP contribution >= 0.6 is 0 Å². The Morgan fingerprint density at radius 2 is 2.05 bits per heavy atom. The third kappa shape index (κ3) is 2.93. The van der Waals surface area contributed by atoms with Crippen molar-refractivity contribution in [3.8, 4) is 0 Å². The molecule has 0 amide bonds. The summed E-state index contributed by atoms with van der Waals surface area (Å²) < 4.78 is 2.03. The fraction of sp³-hybridized carbons (Fsp3) is 0.500. The summed E-state index contributed by atoms with van der Waals surface area (Å²) in [4.78, 5) is 16.0. The number of carbonyl (C=O) groups is 1. The molecular formula is C16H22N2O3. The number of hydrogen-bond acceptors (Lipinski definition) is 3. The SMILES string of the molecule is CC(CO)Cn1c(C(C)(C)C)nc2c(C(=O)O)cccc21. The quantitative estimate of drug-likeness (QED) is 0.907. The van der Waals surface area contributed by atoms with Gasteiger partial charge in [-0.15, -0.1) is 0 Å². The van der Waals surface area contributed by atoms with E-state index in [1.54, 1.807) is 12.1 Å². The number of carboxylic acids is 1. The molecule has 1 unspecified atom stereocenters. The summed E-state index contributed by atoms with van der Waals surface area (Å²) >= 11 is 0. The summed E-state index contributed by atoms with van der Waals surface area (Å²) in [5, 5.41) is 18.6. The number of hydrogen-bond donors (Lipinski definition) is 2. The minimum absolute atomic E-state index is 0.0805. The lowest BCUT2D eigenvalue weighted by atomic mass is 9.95. The van der Waals surface area contributed by atoms with Crippen LogP contribution in [0.2, 0.25) is 0 Å². The number of aliphatic hydroxyl groups excluding tert-OH is 1. The molecular weight excluding hydrogens is 268 g/mol. The van der Waals surface area contributed by atoms with E-state index < -0.39 is 5.97 Å². The van der Waals surface area contributed by atoms with Crippen LogP contribution in [-0.4, -0.2) is 32.3 Å². The Hall–Kier alpha value is -1.88. The first-order valence-corrected chi connectivity index (χ1v) is 7.09. The van der Waals surface area contributed by atoms with Gasteiger partial charge in [-0.05, 0) is 18.1 Å². The van der Waals surface area contributed by atoms with E-state index in [1.165, 1.54) is 0 Å². The molecule has 2 N–H and O–H groups in total. The van der Waals surface area contributed by atoms with Gasteiger partial charge in [0.15, 0.2) is 0 Å². The predicted molar refractivity (Wildman–Crippen MR) is 81.6 cm³/mol. The molecule has 0 fully saturated rings. The highest BCUT2D eigenvalue weighted by Crippen LogP contribution is 2.29. The molecule has 1 aromatic carbocycles. The molecule has 1 atom stereocenters. The van der Waals surface area contributed by atoms with Gasteiger partial charge < -0.3 is 14.8 Å². The fourth-order valence-electron chi connectivity index (χ4n) is 2.45. The number of carboxylic acid groups (broad SMARTS) is 1. The normalized spacial score (nSPS) is 13.6. The van der Waals surface area contributed by atoms with Gasteiger partial charge in [-0.3, -0.25) is 0 Å². The Labute approximate surface area is 124 Å². The second-order valence-electron chi connectivity index (χ2n) is 6.56. The summed E-state index contributed by atoms with van der Waals surface area (Å²) in [6.07, 6.45) is 0. The van der Waals surface area contributed by atoms with Crippen molar-refractivity contribution in [2.75, 3.05) is 6.61 Å². The lowest BCUT2D eigenvalue weighted by Gasteiger charge is -2.21. The molecule has 0 bridgehead atoms. The standard InChI is InChI=1S/C16H22N2O3/c1-10(9-19)8-18-12-7-5-6-11(14(20)21)13(12)17-15(18)16(2,3)4/h5-7,10,19H,8-9H2,1-4H3,(H,20,21). The van der Waals surface area contributed by atoms with Crippen LogP contribution in [0.5, 0.6) is 0 Å². The summed E-state index contributed by atoms with van der Waals surface area (Å²) in [6.45, 7) is 8.81. The molecule has 114 valence electrons. The van der Waals surface area contributed by atoms with Crippen molar-refractivity contribution in [2.24, 2.45) is 5.92 Å². The molecule has 0 saturated heterocycles. The molecule has 0 spiro atoms. The monoisotopic (exact) mass is 290 g/mol. The first-order valence-electron chi connectivity index (χ1n) is 7.09. The predicted octanol–water partition coefficient (Wildman–Crippen LogP) is 2.66. The van der Waals surface area contributed by atoms with Gasteiger partial charge in [0, 0.05) is 18.6 Å². The smallest absolute Gasteiger partial charge is 0.337 e. The van der Waals surface area contributed by atoms with Crippen molar-refractivity contribution < 1.29 is 15.0 Å². The second kappa shape index (κ2) is 5.48. The van der Waals surface area contributed by atoms with Crippen LogP contribution in [-0.2, 0) is 12.0 Å². The highest BCUT2D eigenvalue weighted by Gasteiger charge is 2.25. The number of imidazole rings is 1. The molecule has 1 aromatic heterocycles. The van der Waals surface area contributed by atoms with E-state index in [0.29, 0.717) is 12.1 Å². The number of aromatic carboxylic acids is 1. The summed E-state index contributed by atoms with van der Waals surface area (Å²) in [6, 6.07) is 5.19. The molecule has 0 aliphatic carbocycles. The van der Waals surface area contributed by atoms with E-state index in [2.05, 4.69) is 25.8 Å². The second-order valence-corrected chi connectivity index (χ2v) is 6.56. The van der Waals surface area contributed by atoms with E-state index in [0.717, 1.165) is 11.3 Å². The minimum Gasteiger partial charge on any atom is -0.478 e. The van der Waals surface area contributed by atoms with Crippen LogP contribution in [0.4, 0.5) is 0 Å². The Balaban J connectivity index is 2.73. The number of para-hydroxylation sites is 1. The van der Waals surface area contributed by atoms with Gasteiger partial charge in [-0.1, -0.05) is 33.8 Å². The Kier molecular flexibility index (Phi) is 4.05. The molecule has 0 aliphatic rings. The van der Waals surface area contributed by atoms with Crippen LogP contribution in [0, 0.1) is 5.92 Å². The van der Waals surface area contributed by atoms with Gasteiger partial charge in [0.05, 0.1) is 11.1 Å². The van der Waals surface area contributed by atoms with Crippen molar-refractivity contribution in [1.29, 1.82) is 0 Å². The topological polar surface area (TPSA) is 75.3 Å². The average Bonchev–Trinajstić information content (AvgIpc) is 2.77. The van der Waals surface area contributed by atoms with Crippen molar-refractivity contribution in [1.82, 2.24) is 9.55 Å².